The highest BCUT2D eigenvalue weighted by Gasteiger charge is 2.21. The van der Waals surface area contributed by atoms with Crippen molar-refractivity contribution in [1.82, 2.24) is 4.90 Å². The molecule has 1 fully saturated rings. The van der Waals surface area contributed by atoms with Crippen LogP contribution in [0.1, 0.15) is 33.1 Å². The molecule has 0 unspecified atom stereocenters. The zero-order chi connectivity index (χ0) is 9.14. The smallest absolute Gasteiger partial charge is 0.0831 e. The Morgan fingerprint density at radius 3 is 2.17 bits per heavy atom. The highest BCUT2D eigenvalue weighted by atomic mass is 32.1. The molecule has 0 amide bonds. The molecule has 0 saturated carbocycles. The maximum absolute atomic E-state index is 5.21. The Bertz CT molecular complexity index is 183. The van der Waals surface area contributed by atoms with E-state index in [1.54, 1.807) is 0 Å². The molecule has 1 rings (SSSR count). The number of thiocarbonyl (C=S) groups is 2. The lowest BCUT2D eigenvalue weighted by atomic mass is 10.1. The molecule has 0 aromatic carbocycles. The number of hydrogen-bond donors (Lipinski definition) is 0. The van der Waals surface area contributed by atoms with E-state index in [1.165, 1.54) is 6.42 Å². The zero-order valence-corrected chi connectivity index (χ0v) is 9.30. The van der Waals surface area contributed by atoms with E-state index in [2.05, 4.69) is 18.7 Å². The summed E-state index contributed by atoms with van der Waals surface area (Å²) in [5.74, 6) is 0.733. The molecule has 1 heterocycles. The van der Waals surface area contributed by atoms with Crippen molar-refractivity contribution in [3.63, 3.8) is 0 Å². The quantitative estimate of drug-likeness (QED) is 0.646. The molecule has 3 heteroatoms. The summed E-state index contributed by atoms with van der Waals surface area (Å²) in [6.07, 6.45) is 3.17. The molecule has 1 aliphatic heterocycles. The summed E-state index contributed by atoms with van der Waals surface area (Å²) < 4.78 is 0. The van der Waals surface area contributed by atoms with Crippen LogP contribution in [0.5, 0.6) is 0 Å². The van der Waals surface area contributed by atoms with Crippen molar-refractivity contribution in [2.24, 2.45) is 5.92 Å². The molecule has 0 aromatic heterocycles. The Kier molecular flexibility index (Phi) is 3.59. The molecule has 0 N–H and O–H groups in total. The van der Waals surface area contributed by atoms with E-state index in [4.69, 9.17) is 24.4 Å². The minimum absolute atomic E-state index is 0.733. The fourth-order valence-electron chi connectivity index (χ4n) is 1.26. The van der Waals surface area contributed by atoms with Crippen molar-refractivity contribution in [1.29, 1.82) is 0 Å². The summed E-state index contributed by atoms with van der Waals surface area (Å²) in [5, 5.41) is 0. The van der Waals surface area contributed by atoms with Crippen molar-refractivity contribution in [2.45, 2.75) is 33.1 Å². The third-order valence-electron chi connectivity index (χ3n) is 2.08. The van der Waals surface area contributed by atoms with Gasteiger partial charge in [0.1, 0.15) is 0 Å². The molecule has 68 valence electrons. The molecule has 1 nitrogen and oxygen atoms in total. The van der Waals surface area contributed by atoms with Gasteiger partial charge in [-0.25, -0.2) is 0 Å². The van der Waals surface area contributed by atoms with Crippen LogP contribution < -0.4 is 0 Å². The molecule has 0 aromatic rings. The molecular weight excluding hydrogens is 186 g/mol. The Morgan fingerprint density at radius 2 is 1.75 bits per heavy atom. The van der Waals surface area contributed by atoms with Gasteiger partial charge >= 0.3 is 0 Å². The minimum Gasteiger partial charge on any atom is -0.331 e. The maximum Gasteiger partial charge on any atom is 0.0831 e. The first-order valence-electron chi connectivity index (χ1n) is 4.44. The van der Waals surface area contributed by atoms with Crippen LogP contribution in [0.25, 0.3) is 0 Å². The average molecular weight is 201 g/mol. The van der Waals surface area contributed by atoms with Crippen LogP contribution in [0.15, 0.2) is 0 Å². The average Bonchev–Trinajstić information content (AvgIpc) is 2.28. The standard InChI is InChI=1S/C9H15NS2/c1-7(2)5-6-10-8(11)3-4-9(10)12/h7H,3-6H2,1-2H3. The molecule has 0 aliphatic carbocycles. The van der Waals surface area contributed by atoms with Gasteiger partial charge in [-0.2, -0.15) is 0 Å². The maximum atomic E-state index is 5.21. The lowest BCUT2D eigenvalue weighted by molar-refractivity contribution is 0.502. The molecular formula is C9H15NS2. The van der Waals surface area contributed by atoms with Gasteiger partial charge in [0.05, 0.1) is 9.98 Å². The van der Waals surface area contributed by atoms with Gasteiger partial charge < -0.3 is 4.90 Å². The van der Waals surface area contributed by atoms with E-state index in [-0.39, 0.29) is 0 Å². The largest absolute Gasteiger partial charge is 0.331 e. The van der Waals surface area contributed by atoms with Crippen LogP contribution in [0.3, 0.4) is 0 Å². The van der Waals surface area contributed by atoms with Crippen molar-refractivity contribution >= 4 is 34.4 Å². The van der Waals surface area contributed by atoms with Crippen LogP contribution in [-0.2, 0) is 0 Å². The summed E-state index contributed by atoms with van der Waals surface area (Å²) in [4.78, 5) is 4.21. The molecule has 1 aliphatic rings. The Hall–Kier alpha value is -0.0200. The molecule has 0 bridgehead atoms. The predicted octanol–water partition coefficient (Wildman–Crippen LogP) is 2.78. The predicted molar refractivity (Wildman–Crippen MR) is 60.6 cm³/mol. The van der Waals surface area contributed by atoms with Crippen molar-refractivity contribution in [3.8, 4) is 0 Å². The van der Waals surface area contributed by atoms with E-state index in [9.17, 15) is 0 Å². The van der Waals surface area contributed by atoms with Crippen LogP contribution in [0.4, 0.5) is 0 Å². The first-order chi connectivity index (χ1) is 5.61. The lowest BCUT2D eigenvalue weighted by Gasteiger charge is -2.18. The van der Waals surface area contributed by atoms with Crippen LogP contribution in [0, 0.1) is 5.92 Å². The van der Waals surface area contributed by atoms with Crippen LogP contribution in [0.2, 0.25) is 0 Å². The first kappa shape index (κ1) is 10.1. The normalized spacial score (nSPS) is 18.1. The van der Waals surface area contributed by atoms with E-state index >= 15 is 0 Å². The third kappa shape index (κ3) is 2.49. The Morgan fingerprint density at radius 1 is 1.25 bits per heavy atom. The van der Waals surface area contributed by atoms with Gasteiger partial charge in [0.15, 0.2) is 0 Å². The van der Waals surface area contributed by atoms with Crippen molar-refractivity contribution < 1.29 is 0 Å². The van der Waals surface area contributed by atoms with Crippen LogP contribution >= 0.6 is 24.4 Å². The van der Waals surface area contributed by atoms with Crippen molar-refractivity contribution in [2.75, 3.05) is 6.54 Å². The summed E-state index contributed by atoms with van der Waals surface area (Å²) in [6.45, 7) is 5.47. The van der Waals surface area contributed by atoms with Gasteiger partial charge in [-0.1, -0.05) is 38.3 Å². The number of hydrogen-bond acceptors (Lipinski definition) is 2. The van der Waals surface area contributed by atoms with Gasteiger partial charge in [-0.15, -0.1) is 0 Å². The van der Waals surface area contributed by atoms with E-state index in [0.717, 1.165) is 35.3 Å². The van der Waals surface area contributed by atoms with E-state index in [0.29, 0.717) is 0 Å². The SMILES string of the molecule is CC(C)CCN1C(=S)CCC1=S. The van der Waals surface area contributed by atoms with Crippen molar-refractivity contribution in [3.05, 3.63) is 0 Å². The summed E-state index contributed by atoms with van der Waals surface area (Å²) >= 11 is 10.4. The Balaban J connectivity index is 2.40. The van der Waals surface area contributed by atoms with Gasteiger partial charge in [-0.05, 0) is 12.3 Å². The second-order valence-electron chi connectivity index (χ2n) is 3.62. The van der Waals surface area contributed by atoms with Gasteiger partial charge in [-0.3, -0.25) is 0 Å². The molecule has 0 atom stereocenters. The van der Waals surface area contributed by atoms with Crippen LogP contribution in [-0.4, -0.2) is 21.4 Å². The summed E-state index contributed by atoms with van der Waals surface area (Å²) in [5.41, 5.74) is 0. The second-order valence-corrected chi connectivity index (χ2v) is 4.56. The number of likely N-dealkylation sites (tertiary alicyclic amines) is 1. The fraction of sp³-hybridized carbons (Fsp3) is 0.778. The van der Waals surface area contributed by atoms with Gasteiger partial charge in [0.2, 0.25) is 0 Å². The number of rotatable bonds is 3. The van der Waals surface area contributed by atoms with Gasteiger partial charge in [0.25, 0.3) is 0 Å². The third-order valence-corrected chi connectivity index (χ3v) is 2.93. The highest BCUT2D eigenvalue weighted by molar-refractivity contribution is 7.82. The first-order valence-corrected chi connectivity index (χ1v) is 5.26. The molecule has 1 saturated heterocycles. The monoisotopic (exact) mass is 201 g/mol. The van der Waals surface area contributed by atoms with Gasteiger partial charge in [0, 0.05) is 19.4 Å². The summed E-state index contributed by atoms with van der Waals surface area (Å²) in [6, 6.07) is 0. The molecule has 0 radical (unpaired) electrons. The summed E-state index contributed by atoms with van der Waals surface area (Å²) in [7, 11) is 0. The highest BCUT2D eigenvalue weighted by Crippen LogP contribution is 2.16. The van der Waals surface area contributed by atoms with E-state index < -0.39 is 0 Å². The molecule has 0 spiro atoms. The minimum atomic E-state index is 0.733. The topological polar surface area (TPSA) is 3.24 Å². The van der Waals surface area contributed by atoms with E-state index in [1.807, 2.05) is 0 Å². The zero-order valence-electron chi connectivity index (χ0n) is 7.67. The Labute approximate surface area is 85.1 Å². The molecule has 12 heavy (non-hydrogen) atoms. The second kappa shape index (κ2) is 4.28. The number of nitrogens with zero attached hydrogens (tertiary/aromatic N) is 1. The fourth-order valence-corrected chi connectivity index (χ4v) is 1.92. The lowest BCUT2D eigenvalue weighted by Crippen LogP contribution is -2.28.